The minimum atomic E-state index is -3.17. The van der Waals surface area contributed by atoms with Crippen LogP contribution in [0, 0.1) is 10.1 Å². The van der Waals surface area contributed by atoms with E-state index in [4.69, 9.17) is 0 Å². The average molecular weight is 328 g/mol. The molecule has 0 amide bonds. The van der Waals surface area contributed by atoms with Crippen LogP contribution in [0.2, 0.25) is 0 Å². The summed E-state index contributed by atoms with van der Waals surface area (Å²) in [5.74, 6) is 0.790. The molecule has 0 unspecified atom stereocenters. The summed E-state index contributed by atoms with van der Waals surface area (Å²) in [6, 6.07) is 3.06. The fourth-order valence-electron chi connectivity index (χ4n) is 2.56. The highest BCUT2D eigenvalue weighted by Gasteiger charge is 2.29. The normalized spacial score (nSPS) is 17.0. The van der Waals surface area contributed by atoms with Gasteiger partial charge in [0.05, 0.1) is 10.7 Å². The van der Waals surface area contributed by atoms with E-state index >= 15 is 0 Å². The van der Waals surface area contributed by atoms with Gasteiger partial charge in [0.15, 0.2) is 0 Å². The highest BCUT2D eigenvalue weighted by Crippen LogP contribution is 2.23. The molecule has 9 heteroatoms. The van der Waals surface area contributed by atoms with Crippen molar-refractivity contribution in [3.63, 3.8) is 0 Å². The van der Waals surface area contributed by atoms with Crippen molar-refractivity contribution in [1.29, 1.82) is 0 Å². The van der Waals surface area contributed by atoms with E-state index in [1.807, 2.05) is 4.90 Å². The van der Waals surface area contributed by atoms with Crippen molar-refractivity contribution in [2.24, 2.45) is 0 Å². The fraction of sp³-hybridized carbons (Fsp3) is 0.615. The van der Waals surface area contributed by atoms with E-state index in [0.717, 1.165) is 0 Å². The van der Waals surface area contributed by atoms with Crippen molar-refractivity contribution in [3.8, 4) is 0 Å². The Labute approximate surface area is 129 Å². The molecule has 1 aliphatic rings. The summed E-state index contributed by atoms with van der Waals surface area (Å²) < 4.78 is 25.2. The van der Waals surface area contributed by atoms with E-state index in [9.17, 15) is 18.5 Å². The quantitative estimate of drug-likeness (QED) is 0.596. The summed E-state index contributed by atoms with van der Waals surface area (Å²) in [5, 5.41) is 10.6. The molecule has 1 aromatic rings. The Morgan fingerprint density at radius 3 is 2.50 bits per heavy atom. The molecule has 0 spiro atoms. The number of anilines is 1. The van der Waals surface area contributed by atoms with Gasteiger partial charge in [-0.3, -0.25) is 10.1 Å². The van der Waals surface area contributed by atoms with Crippen LogP contribution in [-0.2, 0) is 10.0 Å². The van der Waals surface area contributed by atoms with Crippen LogP contribution < -0.4 is 4.90 Å². The van der Waals surface area contributed by atoms with Crippen LogP contribution >= 0.6 is 0 Å². The van der Waals surface area contributed by atoms with Crippen molar-refractivity contribution in [2.75, 3.05) is 30.8 Å². The number of nitro groups is 1. The second kappa shape index (κ2) is 6.57. The molecule has 1 aliphatic heterocycles. The average Bonchev–Trinajstić information content (AvgIpc) is 2.54. The van der Waals surface area contributed by atoms with Crippen LogP contribution in [0.4, 0.5) is 11.5 Å². The van der Waals surface area contributed by atoms with E-state index in [2.05, 4.69) is 4.98 Å². The van der Waals surface area contributed by atoms with Crippen molar-refractivity contribution in [1.82, 2.24) is 9.29 Å². The van der Waals surface area contributed by atoms with E-state index in [1.54, 1.807) is 20.0 Å². The molecule has 8 nitrogen and oxygen atoms in total. The molecule has 0 radical (unpaired) electrons. The van der Waals surface area contributed by atoms with Crippen LogP contribution in [0.5, 0.6) is 0 Å². The lowest BCUT2D eigenvalue weighted by Gasteiger charge is -2.36. The summed E-state index contributed by atoms with van der Waals surface area (Å²) in [6.07, 6.45) is 2.68. The first-order valence-corrected chi connectivity index (χ1v) is 8.77. The summed E-state index contributed by atoms with van der Waals surface area (Å²) in [5.41, 5.74) is -0.0348. The second-order valence-corrected chi connectivity index (χ2v) is 7.58. The van der Waals surface area contributed by atoms with Gasteiger partial charge in [0, 0.05) is 32.2 Å². The molecule has 0 N–H and O–H groups in total. The minimum absolute atomic E-state index is 0.000696. The first-order chi connectivity index (χ1) is 10.3. The zero-order valence-electron chi connectivity index (χ0n) is 12.7. The van der Waals surface area contributed by atoms with Crippen molar-refractivity contribution >= 4 is 21.5 Å². The number of sulfonamides is 1. The van der Waals surface area contributed by atoms with Crippen LogP contribution in [0.15, 0.2) is 18.3 Å². The first-order valence-electron chi connectivity index (χ1n) is 7.16. The molecule has 0 aliphatic carbocycles. The van der Waals surface area contributed by atoms with Crippen LogP contribution in [0.1, 0.15) is 19.8 Å². The third kappa shape index (κ3) is 3.53. The first kappa shape index (κ1) is 16.6. The summed E-state index contributed by atoms with van der Waals surface area (Å²) in [6.45, 7) is 3.00. The van der Waals surface area contributed by atoms with Crippen LogP contribution in [0.25, 0.3) is 0 Å². The Kier molecular flexibility index (Phi) is 4.97. The second-order valence-electron chi connectivity index (χ2n) is 5.27. The van der Waals surface area contributed by atoms with Gasteiger partial charge >= 0.3 is 0 Å². The molecule has 122 valence electrons. The molecule has 0 aromatic carbocycles. The van der Waals surface area contributed by atoms with Crippen LogP contribution in [-0.4, -0.2) is 54.6 Å². The summed E-state index contributed by atoms with van der Waals surface area (Å²) in [4.78, 5) is 16.3. The van der Waals surface area contributed by atoms with Gasteiger partial charge in [0.2, 0.25) is 10.0 Å². The molecule has 2 heterocycles. The lowest BCUT2D eigenvalue weighted by molar-refractivity contribution is -0.385. The van der Waals surface area contributed by atoms with Gasteiger partial charge in [0.25, 0.3) is 5.69 Å². The SMILES string of the molecule is CCS(=O)(=O)N(C)C1CCN(c2ccc([N+](=O)[O-])cn2)CC1. The van der Waals surface area contributed by atoms with E-state index < -0.39 is 14.9 Å². The maximum atomic E-state index is 11.9. The predicted octanol–water partition coefficient (Wildman–Crippen LogP) is 1.24. The Morgan fingerprint density at radius 1 is 1.41 bits per heavy atom. The van der Waals surface area contributed by atoms with Crippen LogP contribution in [0.3, 0.4) is 0 Å². The van der Waals surface area contributed by atoms with Gasteiger partial charge < -0.3 is 4.90 Å². The van der Waals surface area contributed by atoms with Gasteiger partial charge in [-0.1, -0.05) is 0 Å². The molecular formula is C13H20N4O4S. The zero-order valence-corrected chi connectivity index (χ0v) is 13.5. The molecule has 2 rings (SSSR count). The largest absolute Gasteiger partial charge is 0.356 e. The summed E-state index contributed by atoms with van der Waals surface area (Å²) >= 11 is 0. The maximum absolute atomic E-state index is 11.9. The monoisotopic (exact) mass is 328 g/mol. The van der Waals surface area contributed by atoms with Gasteiger partial charge in [-0.15, -0.1) is 0 Å². The molecule has 1 fully saturated rings. The number of piperidine rings is 1. The maximum Gasteiger partial charge on any atom is 0.287 e. The fourth-order valence-corrected chi connectivity index (χ4v) is 3.63. The lowest BCUT2D eigenvalue weighted by atomic mass is 10.1. The van der Waals surface area contributed by atoms with Gasteiger partial charge in [-0.25, -0.2) is 17.7 Å². The molecule has 1 saturated heterocycles. The number of aromatic nitrogens is 1. The minimum Gasteiger partial charge on any atom is -0.356 e. The molecule has 0 saturated carbocycles. The zero-order chi connectivity index (χ0) is 16.3. The van der Waals surface area contributed by atoms with E-state index in [-0.39, 0.29) is 17.5 Å². The van der Waals surface area contributed by atoms with E-state index in [0.29, 0.717) is 31.7 Å². The smallest absolute Gasteiger partial charge is 0.287 e. The molecule has 22 heavy (non-hydrogen) atoms. The molecular weight excluding hydrogens is 308 g/mol. The van der Waals surface area contributed by atoms with E-state index in [1.165, 1.54) is 16.6 Å². The standard InChI is InChI=1S/C13H20N4O4S/c1-3-22(20,21)15(2)11-6-8-16(9-7-11)13-5-4-12(10-14-13)17(18)19/h4-5,10-11H,3,6-9H2,1-2H3. The highest BCUT2D eigenvalue weighted by atomic mass is 32.2. The highest BCUT2D eigenvalue weighted by molar-refractivity contribution is 7.89. The Hall–Kier alpha value is -1.74. The predicted molar refractivity (Wildman–Crippen MR) is 83.4 cm³/mol. The van der Waals surface area contributed by atoms with Gasteiger partial charge in [0.1, 0.15) is 12.0 Å². The molecule has 1 aromatic heterocycles. The number of hydrogen-bond acceptors (Lipinski definition) is 6. The Morgan fingerprint density at radius 2 is 2.05 bits per heavy atom. The number of pyridine rings is 1. The van der Waals surface area contributed by atoms with Gasteiger partial charge in [-0.05, 0) is 25.8 Å². The third-order valence-corrected chi connectivity index (χ3v) is 5.95. The van der Waals surface area contributed by atoms with Crippen molar-refractivity contribution in [3.05, 3.63) is 28.4 Å². The van der Waals surface area contributed by atoms with Crippen molar-refractivity contribution in [2.45, 2.75) is 25.8 Å². The number of rotatable bonds is 5. The van der Waals surface area contributed by atoms with Crippen molar-refractivity contribution < 1.29 is 13.3 Å². The molecule has 0 bridgehead atoms. The Bertz CT molecular complexity index is 624. The summed E-state index contributed by atoms with van der Waals surface area (Å²) in [7, 11) is -1.54. The number of hydrogen-bond donors (Lipinski definition) is 0. The lowest BCUT2D eigenvalue weighted by Crippen LogP contribution is -2.46. The molecule has 0 atom stereocenters. The van der Waals surface area contributed by atoms with Gasteiger partial charge in [-0.2, -0.15) is 0 Å². The third-order valence-electron chi connectivity index (χ3n) is 4.05. The topological polar surface area (TPSA) is 96.7 Å². The Balaban J connectivity index is 1.99. The number of nitrogens with zero attached hydrogens (tertiary/aromatic N) is 4.